The van der Waals surface area contributed by atoms with Gasteiger partial charge in [0, 0.05) is 24.3 Å². The number of aromatic nitrogens is 2. The summed E-state index contributed by atoms with van der Waals surface area (Å²) in [6, 6.07) is -0.228. The van der Waals surface area contributed by atoms with Gasteiger partial charge in [-0.15, -0.1) is 0 Å². The standard InChI is InChI=1S/C12H20ClN3O2S/c1-5-6-10-15-11(13)9(3)12(16-10)14-8(2)7-19(4,17)18/h8H,5-7H2,1-4H3,(H,14,15,16). The molecule has 0 amide bonds. The predicted molar refractivity (Wildman–Crippen MR) is 78.6 cm³/mol. The van der Waals surface area contributed by atoms with E-state index in [1.54, 1.807) is 6.92 Å². The van der Waals surface area contributed by atoms with E-state index in [2.05, 4.69) is 15.3 Å². The number of hydrogen-bond acceptors (Lipinski definition) is 5. The van der Waals surface area contributed by atoms with Crippen LogP contribution in [0.25, 0.3) is 0 Å². The number of rotatable bonds is 6. The molecular weight excluding hydrogens is 286 g/mol. The molecule has 0 saturated carbocycles. The van der Waals surface area contributed by atoms with E-state index in [9.17, 15) is 8.42 Å². The molecule has 0 aliphatic rings. The van der Waals surface area contributed by atoms with Crippen molar-refractivity contribution in [1.29, 1.82) is 0 Å². The maximum atomic E-state index is 11.3. The van der Waals surface area contributed by atoms with Crippen LogP contribution in [0.15, 0.2) is 0 Å². The fourth-order valence-corrected chi connectivity index (χ4v) is 2.92. The van der Waals surface area contributed by atoms with Crippen molar-refractivity contribution in [2.75, 3.05) is 17.3 Å². The van der Waals surface area contributed by atoms with Gasteiger partial charge in [-0.2, -0.15) is 0 Å². The molecule has 0 fully saturated rings. The van der Waals surface area contributed by atoms with Crippen LogP contribution in [0.4, 0.5) is 5.82 Å². The molecule has 1 aromatic rings. The van der Waals surface area contributed by atoms with E-state index < -0.39 is 9.84 Å². The Hall–Kier alpha value is -0.880. The first-order chi connectivity index (χ1) is 8.73. The van der Waals surface area contributed by atoms with E-state index in [0.717, 1.165) is 18.4 Å². The summed E-state index contributed by atoms with van der Waals surface area (Å²) >= 11 is 6.06. The van der Waals surface area contributed by atoms with Crippen molar-refractivity contribution >= 4 is 27.3 Å². The quantitative estimate of drug-likeness (QED) is 0.816. The summed E-state index contributed by atoms with van der Waals surface area (Å²) in [5, 5.41) is 3.50. The number of nitrogens with one attached hydrogen (secondary N) is 1. The highest BCUT2D eigenvalue weighted by Crippen LogP contribution is 2.21. The van der Waals surface area contributed by atoms with Crippen LogP contribution in [0.1, 0.15) is 31.7 Å². The Morgan fingerprint density at radius 1 is 1.37 bits per heavy atom. The van der Waals surface area contributed by atoms with Crippen molar-refractivity contribution in [1.82, 2.24) is 9.97 Å². The molecule has 1 atom stereocenters. The first-order valence-corrected chi connectivity index (χ1v) is 8.64. The average molecular weight is 306 g/mol. The molecule has 7 heteroatoms. The lowest BCUT2D eigenvalue weighted by atomic mass is 10.2. The Morgan fingerprint density at radius 3 is 2.53 bits per heavy atom. The number of anilines is 1. The third-order valence-electron chi connectivity index (χ3n) is 2.54. The van der Waals surface area contributed by atoms with Gasteiger partial charge in [-0.3, -0.25) is 0 Å². The van der Waals surface area contributed by atoms with Crippen LogP contribution in [0.3, 0.4) is 0 Å². The highest BCUT2D eigenvalue weighted by atomic mass is 35.5. The third kappa shape index (κ3) is 5.32. The van der Waals surface area contributed by atoms with Crippen molar-refractivity contribution in [3.05, 3.63) is 16.5 Å². The average Bonchev–Trinajstić information content (AvgIpc) is 2.23. The maximum absolute atomic E-state index is 11.3. The summed E-state index contributed by atoms with van der Waals surface area (Å²) < 4.78 is 22.5. The lowest BCUT2D eigenvalue weighted by Gasteiger charge is -2.16. The fourth-order valence-electron chi connectivity index (χ4n) is 1.74. The summed E-state index contributed by atoms with van der Waals surface area (Å²) in [5.41, 5.74) is 0.738. The minimum Gasteiger partial charge on any atom is -0.366 e. The van der Waals surface area contributed by atoms with Crippen LogP contribution in [0.5, 0.6) is 0 Å². The van der Waals surface area contributed by atoms with Gasteiger partial charge in [-0.25, -0.2) is 18.4 Å². The highest BCUT2D eigenvalue weighted by molar-refractivity contribution is 7.90. The van der Waals surface area contributed by atoms with E-state index in [4.69, 9.17) is 11.6 Å². The van der Waals surface area contributed by atoms with E-state index >= 15 is 0 Å². The zero-order valence-corrected chi connectivity index (χ0v) is 13.3. The molecule has 0 aliphatic carbocycles. The number of sulfone groups is 1. The Kier molecular flexibility index (Phi) is 5.55. The van der Waals surface area contributed by atoms with Crippen LogP contribution in [0, 0.1) is 6.92 Å². The molecule has 1 heterocycles. The molecule has 1 aromatic heterocycles. The molecule has 0 aromatic carbocycles. The van der Waals surface area contributed by atoms with Gasteiger partial charge in [-0.1, -0.05) is 18.5 Å². The molecule has 108 valence electrons. The summed E-state index contributed by atoms with van der Waals surface area (Å²) in [6.45, 7) is 5.65. The van der Waals surface area contributed by atoms with Gasteiger partial charge in [0.25, 0.3) is 0 Å². The summed E-state index contributed by atoms with van der Waals surface area (Å²) in [5.74, 6) is 1.34. The molecule has 0 saturated heterocycles. The second-order valence-electron chi connectivity index (χ2n) is 4.79. The molecule has 0 aliphatic heterocycles. The summed E-state index contributed by atoms with van der Waals surface area (Å²) in [7, 11) is -3.03. The molecule has 19 heavy (non-hydrogen) atoms. The van der Waals surface area contributed by atoms with Crippen LogP contribution in [-0.4, -0.2) is 36.4 Å². The van der Waals surface area contributed by atoms with E-state index in [1.807, 2.05) is 13.8 Å². The summed E-state index contributed by atoms with van der Waals surface area (Å²) in [4.78, 5) is 8.59. The third-order valence-corrected chi connectivity index (χ3v) is 4.02. The van der Waals surface area contributed by atoms with Crippen LogP contribution in [-0.2, 0) is 16.3 Å². The Bertz CT molecular complexity index is 546. The minimum absolute atomic E-state index is 0.0528. The number of hydrogen-bond donors (Lipinski definition) is 1. The van der Waals surface area contributed by atoms with Gasteiger partial charge in [-0.05, 0) is 20.3 Å². The lowest BCUT2D eigenvalue weighted by molar-refractivity contribution is 0.598. The summed E-state index contributed by atoms with van der Waals surface area (Å²) in [6.07, 6.45) is 2.89. The zero-order chi connectivity index (χ0) is 14.6. The second kappa shape index (κ2) is 6.52. The molecular formula is C12H20ClN3O2S. The van der Waals surface area contributed by atoms with Crippen molar-refractivity contribution in [2.45, 2.75) is 39.7 Å². The Labute approximate surface area is 119 Å². The molecule has 1 rings (SSSR count). The SMILES string of the molecule is CCCc1nc(Cl)c(C)c(NC(C)CS(C)(=O)=O)n1. The van der Waals surface area contributed by atoms with E-state index in [-0.39, 0.29) is 11.8 Å². The predicted octanol–water partition coefficient (Wildman–Crippen LogP) is 2.24. The van der Waals surface area contributed by atoms with E-state index in [1.165, 1.54) is 6.26 Å². The van der Waals surface area contributed by atoms with Gasteiger partial charge < -0.3 is 5.32 Å². The monoisotopic (exact) mass is 305 g/mol. The molecule has 1 N–H and O–H groups in total. The second-order valence-corrected chi connectivity index (χ2v) is 7.33. The van der Waals surface area contributed by atoms with E-state index in [0.29, 0.717) is 16.8 Å². The van der Waals surface area contributed by atoms with Gasteiger partial charge in [0.05, 0.1) is 5.75 Å². The lowest BCUT2D eigenvalue weighted by Crippen LogP contribution is -2.26. The maximum Gasteiger partial charge on any atom is 0.149 e. The van der Waals surface area contributed by atoms with Crippen molar-refractivity contribution < 1.29 is 8.42 Å². The van der Waals surface area contributed by atoms with Crippen LogP contribution in [0.2, 0.25) is 5.15 Å². The smallest absolute Gasteiger partial charge is 0.149 e. The number of aryl methyl sites for hydroxylation is 1. The first kappa shape index (κ1) is 16.2. The number of halogens is 1. The van der Waals surface area contributed by atoms with Gasteiger partial charge in [0.15, 0.2) is 0 Å². The molecule has 0 radical (unpaired) electrons. The van der Waals surface area contributed by atoms with Crippen molar-refractivity contribution in [2.24, 2.45) is 0 Å². The topological polar surface area (TPSA) is 72.0 Å². The first-order valence-electron chi connectivity index (χ1n) is 6.20. The Balaban J connectivity index is 2.93. The molecule has 0 bridgehead atoms. The largest absolute Gasteiger partial charge is 0.366 e. The van der Waals surface area contributed by atoms with Gasteiger partial charge >= 0.3 is 0 Å². The van der Waals surface area contributed by atoms with Gasteiger partial charge in [0.1, 0.15) is 26.6 Å². The van der Waals surface area contributed by atoms with Crippen LogP contribution < -0.4 is 5.32 Å². The minimum atomic E-state index is -3.03. The van der Waals surface area contributed by atoms with Crippen molar-refractivity contribution in [3.8, 4) is 0 Å². The molecule has 0 spiro atoms. The van der Waals surface area contributed by atoms with Crippen molar-refractivity contribution in [3.63, 3.8) is 0 Å². The highest BCUT2D eigenvalue weighted by Gasteiger charge is 2.14. The normalized spacial score (nSPS) is 13.3. The van der Waals surface area contributed by atoms with Crippen LogP contribution >= 0.6 is 11.6 Å². The van der Waals surface area contributed by atoms with Gasteiger partial charge in [0.2, 0.25) is 0 Å². The molecule has 1 unspecified atom stereocenters. The molecule has 5 nitrogen and oxygen atoms in total. The zero-order valence-electron chi connectivity index (χ0n) is 11.7. The number of nitrogens with zero attached hydrogens (tertiary/aromatic N) is 2. The Morgan fingerprint density at radius 2 is 2.00 bits per heavy atom. The fraction of sp³-hybridized carbons (Fsp3) is 0.667.